The van der Waals surface area contributed by atoms with Crippen molar-refractivity contribution >= 4 is 11.3 Å². The molecule has 16 heavy (non-hydrogen) atoms. The maximum absolute atomic E-state index is 5.47. The summed E-state index contributed by atoms with van der Waals surface area (Å²) in [4.78, 5) is 5.65. The van der Waals surface area contributed by atoms with Crippen LogP contribution in [0, 0.1) is 0 Å². The molecule has 0 saturated carbocycles. The summed E-state index contributed by atoms with van der Waals surface area (Å²) < 4.78 is 5.47. The Balaban J connectivity index is 2.02. The van der Waals surface area contributed by atoms with Crippen molar-refractivity contribution < 1.29 is 4.74 Å². The lowest BCUT2D eigenvalue weighted by Gasteiger charge is -2.07. The third kappa shape index (κ3) is 5.58. The zero-order valence-electron chi connectivity index (χ0n) is 10.5. The zero-order chi connectivity index (χ0) is 11.8. The van der Waals surface area contributed by atoms with Gasteiger partial charge in [0.25, 0.3) is 0 Å². The summed E-state index contributed by atoms with van der Waals surface area (Å²) in [5.74, 6) is 0. The zero-order valence-corrected chi connectivity index (χ0v) is 11.3. The molecular formula is C12H22N2OS. The SMILES string of the molecule is CCc1ncc(CNCCCOC(C)C)s1. The van der Waals surface area contributed by atoms with Gasteiger partial charge < -0.3 is 10.1 Å². The summed E-state index contributed by atoms with van der Waals surface area (Å²) in [6.45, 7) is 9.05. The quantitative estimate of drug-likeness (QED) is 0.712. The van der Waals surface area contributed by atoms with Crippen LogP contribution in [0.1, 0.15) is 37.1 Å². The van der Waals surface area contributed by atoms with Gasteiger partial charge in [-0.1, -0.05) is 6.92 Å². The predicted octanol–water partition coefficient (Wildman–Crippen LogP) is 2.61. The van der Waals surface area contributed by atoms with Gasteiger partial charge in [-0.25, -0.2) is 4.98 Å². The van der Waals surface area contributed by atoms with Crippen molar-refractivity contribution in [2.45, 2.75) is 46.3 Å². The van der Waals surface area contributed by atoms with Crippen molar-refractivity contribution in [2.24, 2.45) is 0 Å². The van der Waals surface area contributed by atoms with Crippen LogP contribution >= 0.6 is 11.3 Å². The fraction of sp³-hybridized carbons (Fsp3) is 0.750. The largest absolute Gasteiger partial charge is 0.379 e. The summed E-state index contributed by atoms with van der Waals surface area (Å²) >= 11 is 1.80. The van der Waals surface area contributed by atoms with Crippen molar-refractivity contribution in [3.05, 3.63) is 16.1 Å². The van der Waals surface area contributed by atoms with Crippen molar-refractivity contribution in [2.75, 3.05) is 13.2 Å². The Kier molecular flexibility index (Phi) is 6.61. The van der Waals surface area contributed by atoms with E-state index >= 15 is 0 Å². The van der Waals surface area contributed by atoms with E-state index in [1.807, 2.05) is 6.20 Å². The first-order valence-corrected chi connectivity index (χ1v) is 6.80. The molecule has 4 heteroatoms. The molecule has 0 aromatic carbocycles. The van der Waals surface area contributed by atoms with E-state index in [-0.39, 0.29) is 0 Å². The Labute approximate surface area is 102 Å². The molecule has 1 heterocycles. The molecule has 0 unspecified atom stereocenters. The average molecular weight is 242 g/mol. The van der Waals surface area contributed by atoms with Crippen LogP contribution < -0.4 is 5.32 Å². The van der Waals surface area contributed by atoms with Gasteiger partial charge in [-0.15, -0.1) is 11.3 Å². The molecular weight excluding hydrogens is 220 g/mol. The van der Waals surface area contributed by atoms with Crippen molar-refractivity contribution in [3.8, 4) is 0 Å². The first-order valence-electron chi connectivity index (χ1n) is 5.98. The smallest absolute Gasteiger partial charge is 0.0925 e. The van der Waals surface area contributed by atoms with E-state index in [1.165, 1.54) is 9.88 Å². The van der Waals surface area contributed by atoms with E-state index in [4.69, 9.17) is 4.74 Å². The molecule has 0 amide bonds. The van der Waals surface area contributed by atoms with Gasteiger partial charge in [0, 0.05) is 24.2 Å². The van der Waals surface area contributed by atoms with E-state index in [2.05, 4.69) is 31.1 Å². The molecule has 0 spiro atoms. The number of thiazole rings is 1. The van der Waals surface area contributed by atoms with Gasteiger partial charge in [-0.2, -0.15) is 0 Å². The summed E-state index contributed by atoms with van der Waals surface area (Å²) in [5, 5.41) is 4.63. The number of hydrogen-bond donors (Lipinski definition) is 1. The van der Waals surface area contributed by atoms with Gasteiger partial charge in [-0.3, -0.25) is 0 Å². The molecule has 1 rings (SSSR count). The Bertz CT molecular complexity index is 286. The minimum atomic E-state index is 0.341. The molecule has 0 radical (unpaired) electrons. The molecule has 0 aliphatic heterocycles. The summed E-state index contributed by atoms with van der Waals surface area (Å²) in [7, 11) is 0. The van der Waals surface area contributed by atoms with Crippen LogP contribution in [0.25, 0.3) is 0 Å². The Morgan fingerprint density at radius 1 is 1.50 bits per heavy atom. The Morgan fingerprint density at radius 2 is 2.31 bits per heavy atom. The van der Waals surface area contributed by atoms with E-state index in [0.29, 0.717) is 6.10 Å². The van der Waals surface area contributed by atoms with Crippen molar-refractivity contribution in [1.82, 2.24) is 10.3 Å². The molecule has 1 N–H and O–H groups in total. The fourth-order valence-electron chi connectivity index (χ4n) is 1.32. The molecule has 92 valence electrons. The lowest BCUT2D eigenvalue weighted by atomic mass is 10.4. The second kappa shape index (κ2) is 7.76. The highest BCUT2D eigenvalue weighted by molar-refractivity contribution is 7.11. The standard InChI is InChI=1S/C12H22N2OS/c1-4-12-14-9-11(16-12)8-13-6-5-7-15-10(2)3/h9-10,13H,4-8H2,1-3H3. The minimum Gasteiger partial charge on any atom is -0.379 e. The third-order valence-corrected chi connectivity index (χ3v) is 3.29. The van der Waals surface area contributed by atoms with Crippen LogP contribution in [-0.4, -0.2) is 24.2 Å². The highest BCUT2D eigenvalue weighted by atomic mass is 32.1. The second-order valence-electron chi connectivity index (χ2n) is 4.02. The monoisotopic (exact) mass is 242 g/mol. The number of nitrogens with zero attached hydrogens (tertiary/aromatic N) is 1. The minimum absolute atomic E-state index is 0.341. The molecule has 0 aliphatic rings. The summed E-state index contributed by atoms with van der Waals surface area (Å²) in [6, 6.07) is 0. The molecule has 1 aromatic rings. The number of aryl methyl sites for hydroxylation is 1. The number of rotatable bonds is 8. The fourth-order valence-corrected chi connectivity index (χ4v) is 2.15. The van der Waals surface area contributed by atoms with Crippen molar-refractivity contribution in [1.29, 1.82) is 0 Å². The van der Waals surface area contributed by atoms with Crippen LogP contribution in [0.15, 0.2) is 6.20 Å². The summed E-state index contributed by atoms with van der Waals surface area (Å²) in [6.07, 6.45) is 4.42. The lowest BCUT2D eigenvalue weighted by molar-refractivity contribution is 0.0770. The third-order valence-electron chi connectivity index (χ3n) is 2.15. The van der Waals surface area contributed by atoms with E-state index < -0.39 is 0 Å². The lowest BCUT2D eigenvalue weighted by Crippen LogP contribution is -2.16. The predicted molar refractivity (Wildman–Crippen MR) is 68.9 cm³/mol. The van der Waals surface area contributed by atoms with Crippen molar-refractivity contribution in [3.63, 3.8) is 0 Å². The van der Waals surface area contributed by atoms with E-state index in [9.17, 15) is 0 Å². The van der Waals surface area contributed by atoms with Crippen LogP contribution in [0.3, 0.4) is 0 Å². The van der Waals surface area contributed by atoms with E-state index in [1.54, 1.807) is 11.3 Å². The first kappa shape index (κ1) is 13.6. The molecule has 3 nitrogen and oxygen atoms in total. The van der Waals surface area contributed by atoms with Gasteiger partial charge in [0.1, 0.15) is 0 Å². The van der Waals surface area contributed by atoms with Gasteiger partial charge in [0.15, 0.2) is 0 Å². The molecule has 1 aromatic heterocycles. The van der Waals surface area contributed by atoms with Crippen LogP contribution in [0.2, 0.25) is 0 Å². The maximum Gasteiger partial charge on any atom is 0.0925 e. The van der Waals surface area contributed by atoms with Gasteiger partial charge in [0.2, 0.25) is 0 Å². The average Bonchev–Trinajstić information content (AvgIpc) is 2.70. The number of ether oxygens (including phenoxy) is 1. The second-order valence-corrected chi connectivity index (χ2v) is 5.22. The van der Waals surface area contributed by atoms with Gasteiger partial charge >= 0.3 is 0 Å². The molecule has 0 fully saturated rings. The van der Waals surface area contributed by atoms with Gasteiger partial charge in [-0.05, 0) is 33.2 Å². The molecule has 0 aliphatic carbocycles. The van der Waals surface area contributed by atoms with Crippen LogP contribution in [-0.2, 0) is 17.7 Å². The highest BCUT2D eigenvalue weighted by Crippen LogP contribution is 2.12. The Morgan fingerprint density at radius 3 is 2.94 bits per heavy atom. The van der Waals surface area contributed by atoms with Gasteiger partial charge in [0.05, 0.1) is 11.1 Å². The number of nitrogens with one attached hydrogen (secondary N) is 1. The topological polar surface area (TPSA) is 34.2 Å². The molecule has 0 atom stereocenters. The maximum atomic E-state index is 5.47. The van der Waals surface area contributed by atoms with Crippen LogP contribution in [0.4, 0.5) is 0 Å². The normalized spacial score (nSPS) is 11.2. The number of aromatic nitrogens is 1. The molecule has 0 bridgehead atoms. The summed E-state index contributed by atoms with van der Waals surface area (Å²) in [5.41, 5.74) is 0. The number of hydrogen-bond acceptors (Lipinski definition) is 4. The van der Waals surface area contributed by atoms with E-state index in [0.717, 1.165) is 32.5 Å². The first-order chi connectivity index (χ1) is 7.72. The Hall–Kier alpha value is -0.450. The van der Waals surface area contributed by atoms with Crippen LogP contribution in [0.5, 0.6) is 0 Å². The highest BCUT2D eigenvalue weighted by Gasteiger charge is 1.99. The molecule has 0 saturated heterocycles.